The third kappa shape index (κ3) is 4.57. The predicted molar refractivity (Wildman–Crippen MR) is 81.2 cm³/mol. The fourth-order valence-corrected chi connectivity index (χ4v) is 2.31. The van der Waals surface area contributed by atoms with Crippen molar-refractivity contribution in [1.82, 2.24) is 0 Å². The Labute approximate surface area is 127 Å². The second-order valence-electron chi connectivity index (χ2n) is 5.64. The maximum Gasteiger partial charge on any atom is 0.185 e. The highest BCUT2D eigenvalue weighted by Crippen LogP contribution is 2.54. The van der Waals surface area contributed by atoms with Crippen molar-refractivity contribution in [3.8, 4) is 0 Å². The molecule has 92 valence electrons. The molecular weight excluding hydrogens is 456 g/mol. The number of halogens is 4. The fraction of sp³-hybridized carbons (Fsp3) is 1.00. The van der Waals surface area contributed by atoms with E-state index in [1.54, 1.807) is 0 Å². The molecule has 0 rings (SSSR count). The van der Waals surface area contributed by atoms with Crippen LogP contribution in [0, 0.1) is 10.8 Å². The molecule has 0 amide bonds. The first-order valence-electron chi connectivity index (χ1n) is 4.66. The quantitative estimate of drug-likeness (QED) is 0.448. The normalized spacial score (nSPS) is 15.6. The Kier molecular flexibility index (Phi) is 5.48. The van der Waals surface area contributed by atoms with Crippen molar-refractivity contribution in [3.63, 3.8) is 0 Å². The van der Waals surface area contributed by atoms with Crippen molar-refractivity contribution in [1.29, 1.82) is 0 Å². The molecule has 0 aromatic rings. The first-order valence-corrected chi connectivity index (χ1v) is 7.84. The van der Waals surface area contributed by atoms with Crippen molar-refractivity contribution in [3.05, 3.63) is 0 Å². The van der Waals surface area contributed by atoms with Crippen LogP contribution in [-0.2, 0) is 4.74 Å². The summed E-state index contributed by atoms with van der Waals surface area (Å²) in [6.07, 6.45) is 0. The smallest absolute Gasteiger partial charge is 0.185 e. The van der Waals surface area contributed by atoms with Crippen molar-refractivity contribution >= 4 is 63.7 Å². The number of hydrogen-bond donors (Lipinski definition) is 0. The molecule has 15 heavy (non-hydrogen) atoms. The molecule has 0 bridgehead atoms. The first-order chi connectivity index (χ1) is 6.21. The zero-order valence-electron chi connectivity index (χ0n) is 9.92. The Bertz CT molecular complexity index is 199. The maximum atomic E-state index is 6.02. The average molecular weight is 474 g/mol. The minimum Gasteiger partial charge on any atom is -0.325 e. The van der Waals surface area contributed by atoms with Gasteiger partial charge in [-0.2, -0.15) is 0 Å². The van der Waals surface area contributed by atoms with E-state index in [-0.39, 0.29) is 10.8 Å². The van der Waals surface area contributed by atoms with Crippen LogP contribution < -0.4 is 0 Å². The van der Waals surface area contributed by atoms with Gasteiger partial charge in [0.1, 0.15) is 0 Å². The van der Waals surface area contributed by atoms with E-state index in [9.17, 15) is 0 Å². The lowest BCUT2D eigenvalue weighted by molar-refractivity contribution is -0.0399. The summed E-state index contributed by atoms with van der Waals surface area (Å²) in [5.41, 5.74) is -0.157. The van der Waals surface area contributed by atoms with Gasteiger partial charge in [0.25, 0.3) is 0 Å². The lowest BCUT2D eigenvalue weighted by Crippen LogP contribution is -2.44. The summed E-state index contributed by atoms with van der Waals surface area (Å²) >= 11 is 14.3. The maximum absolute atomic E-state index is 6.02. The van der Waals surface area contributed by atoms with Crippen molar-refractivity contribution in [2.45, 2.75) is 48.4 Å². The molecule has 0 spiro atoms. The molecule has 1 nitrogen and oxygen atoms in total. The van der Waals surface area contributed by atoms with Crippen molar-refractivity contribution < 1.29 is 4.74 Å². The van der Waals surface area contributed by atoms with Gasteiger partial charge in [0.15, 0.2) is 6.84 Å². The van der Waals surface area contributed by atoms with Gasteiger partial charge in [-0.3, -0.25) is 0 Å². The molecular formula is C10H18Br4O. The van der Waals surface area contributed by atoms with Gasteiger partial charge in [-0.15, -0.1) is 0 Å². The first kappa shape index (κ1) is 16.9. The molecule has 0 aromatic carbocycles. The van der Waals surface area contributed by atoms with Crippen LogP contribution >= 0.6 is 63.7 Å². The van der Waals surface area contributed by atoms with Crippen LogP contribution in [0.4, 0.5) is 0 Å². The molecule has 0 saturated heterocycles. The van der Waals surface area contributed by atoms with Gasteiger partial charge in [0.2, 0.25) is 0 Å². The van der Waals surface area contributed by atoms with E-state index in [1.165, 1.54) is 0 Å². The van der Waals surface area contributed by atoms with Gasteiger partial charge in [-0.25, -0.2) is 0 Å². The lowest BCUT2D eigenvalue weighted by atomic mass is 9.96. The van der Waals surface area contributed by atoms with Crippen LogP contribution in [0.3, 0.4) is 0 Å². The van der Waals surface area contributed by atoms with E-state index in [4.69, 9.17) is 4.74 Å². The summed E-state index contributed by atoms with van der Waals surface area (Å²) in [5, 5.41) is 0. The molecule has 0 heterocycles. The van der Waals surface area contributed by atoms with Gasteiger partial charge in [-0.05, 0) is 63.7 Å². The Morgan fingerprint density at radius 1 is 0.600 bits per heavy atom. The minimum absolute atomic E-state index is 0.0783. The van der Waals surface area contributed by atoms with Crippen LogP contribution in [0.5, 0.6) is 0 Å². The Hall–Kier alpha value is 1.88. The topological polar surface area (TPSA) is 9.23 Å². The van der Waals surface area contributed by atoms with Crippen LogP contribution in [0.25, 0.3) is 0 Å². The molecule has 0 aliphatic heterocycles. The van der Waals surface area contributed by atoms with E-state index >= 15 is 0 Å². The van der Waals surface area contributed by atoms with E-state index < -0.39 is 6.84 Å². The summed E-state index contributed by atoms with van der Waals surface area (Å²) in [4.78, 5) is 0. The number of rotatable bonds is 2. The molecule has 0 fully saturated rings. The van der Waals surface area contributed by atoms with Gasteiger partial charge in [0, 0.05) is 10.8 Å². The minimum atomic E-state index is -0.590. The van der Waals surface area contributed by atoms with E-state index in [2.05, 4.69) is 105 Å². The zero-order chi connectivity index (χ0) is 12.7. The summed E-state index contributed by atoms with van der Waals surface area (Å²) in [6.45, 7) is 12.6. The van der Waals surface area contributed by atoms with Crippen LogP contribution in [0.2, 0.25) is 0 Å². The Balaban J connectivity index is 4.89. The Morgan fingerprint density at radius 3 is 0.933 bits per heavy atom. The zero-order valence-corrected chi connectivity index (χ0v) is 16.3. The molecule has 0 atom stereocenters. The summed E-state index contributed by atoms with van der Waals surface area (Å²) in [7, 11) is 0. The van der Waals surface area contributed by atoms with E-state index in [1.807, 2.05) is 0 Å². The summed E-state index contributed by atoms with van der Waals surface area (Å²) in [6, 6.07) is 0. The SMILES string of the molecule is CC(C)(C)C(Br)(Br)OC(Br)(Br)C(C)(C)C. The highest BCUT2D eigenvalue weighted by atomic mass is 79.9. The molecule has 0 unspecified atom stereocenters. The molecule has 0 radical (unpaired) electrons. The highest BCUT2D eigenvalue weighted by molar-refractivity contribution is 9.26. The molecule has 5 heteroatoms. The van der Waals surface area contributed by atoms with Gasteiger partial charge in [-0.1, -0.05) is 41.5 Å². The largest absolute Gasteiger partial charge is 0.325 e. The Morgan fingerprint density at radius 2 is 0.800 bits per heavy atom. The predicted octanol–water partition coefficient (Wildman–Crippen LogP) is 5.98. The van der Waals surface area contributed by atoms with Crippen LogP contribution in [-0.4, -0.2) is 6.84 Å². The second-order valence-corrected chi connectivity index (χ2v) is 12.2. The van der Waals surface area contributed by atoms with Gasteiger partial charge >= 0.3 is 0 Å². The molecule has 0 aliphatic rings. The standard InChI is InChI=1S/C10H18Br4O/c1-7(2,3)9(11,12)15-10(13,14)8(4,5)6/h1-6H3. The van der Waals surface area contributed by atoms with E-state index in [0.717, 1.165) is 0 Å². The highest BCUT2D eigenvalue weighted by Gasteiger charge is 2.48. The lowest BCUT2D eigenvalue weighted by Gasteiger charge is -2.44. The molecule has 0 saturated carbocycles. The van der Waals surface area contributed by atoms with Crippen molar-refractivity contribution in [2.75, 3.05) is 0 Å². The average Bonchev–Trinajstić information content (AvgIpc) is 1.77. The van der Waals surface area contributed by atoms with Crippen LogP contribution in [0.15, 0.2) is 0 Å². The number of ether oxygens (including phenoxy) is 1. The van der Waals surface area contributed by atoms with Gasteiger partial charge in [0.05, 0.1) is 0 Å². The third-order valence-corrected chi connectivity index (χ3v) is 7.41. The number of hydrogen-bond acceptors (Lipinski definition) is 1. The second kappa shape index (κ2) is 4.87. The number of alkyl halides is 4. The summed E-state index contributed by atoms with van der Waals surface area (Å²) in [5.74, 6) is 0. The molecule has 0 aromatic heterocycles. The molecule has 0 aliphatic carbocycles. The summed E-state index contributed by atoms with van der Waals surface area (Å²) < 4.78 is 4.84. The fourth-order valence-electron chi connectivity index (χ4n) is 0.467. The van der Waals surface area contributed by atoms with Gasteiger partial charge < -0.3 is 4.74 Å². The van der Waals surface area contributed by atoms with Crippen molar-refractivity contribution in [2.24, 2.45) is 10.8 Å². The van der Waals surface area contributed by atoms with Crippen LogP contribution in [0.1, 0.15) is 41.5 Å². The molecule has 0 N–H and O–H groups in total. The monoisotopic (exact) mass is 470 g/mol. The van der Waals surface area contributed by atoms with E-state index in [0.29, 0.717) is 0 Å². The third-order valence-electron chi connectivity index (χ3n) is 2.00.